The average molecular weight is 351 g/mol. The summed E-state index contributed by atoms with van der Waals surface area (Å²) in [5.74, 6) is -3.50. The van der Waals surface area contributed by atoms with E-state index in [1.807, 2.05) is 0 Å². The summed E-state index contributed by atoms with van der Waals surface area (Å²) in [7, 11) is 0. The maximum absolute atomic E-state index is 11.8. The number of aliphatic carboxylic acids is 2. The molecule has 0 aliphatic carbocycles. The van der Waals surface area contributed by atoms with E-state index >= 15 is 0 Å². The molecule has 0 spiro atoms. The van der Waals surface area contributed by atoms with Crippen LogP contribution in [-0.4, -0.2) is 34.1 Å². The molecule has 0 heterocycles. The summed E-state index contributed by atoms with van der Waals surface area (Å²) in [6.45, 7) is 0. The zero-order valence-corrected chi connectivity index (χ0v) is 11.7. The van der Waals surface area contributed by atoms with Gasteiger partial charge < -0.3 is 15.5 Å². The maximum atomic E-state index is 11.8. The lowest BCUT2D eigenvalue weighted by Gasteiger charge is -2.13. The minimum Gasteiger partial charge on any atom is -0.481 e. The van der Waals surface area contributed by atoms with Crippen LogP contribution in [0.1, 0.15) is 16.8 Å². The monoisotopic (exact) mass is 349 g/mol. The Morgan fingerprint density at radius 3 is 2.42 bits per heavy atom. The maximum Gasteiger partial charge on any atom is 0.326 e. The van der Waals surface area contributed by atoms with Crippen LogP contribution in [0.2, 0.25) is 5.02 Å². The second-order valence-corrected chi connectivity index (χ2v) is 4.91. The molecular weight excluding hydrogens is 341 g/mol. The van der Waals surface area contributed by atoms with Gasteiger partial charge in [-0.3, -0.25) is 9.59 Å². The van der Waals surface area contributed by atoms with Gasteiger partial charge in [0.15, 0.2) is 0 Å². The number of carbonyl (C=O) groups is 3. The molecular formula is C11H9BrClNO5. The number of rotatable bonds is 5. The number of carbonyl (C=O) groups excluding carboxylic acids is 1. The number of benzene rings is 1. The minimum absolute atomic E-state index is 0.0708. The van der Waals surface area contributed by atoms with Crippen molar-refractivity contribution in [2.24, 2.45) is 0 Å². The third-order valence-electron chi connectivity index (χ3n) is 2.16. The molecule has 8 heteroatoms. The number of halogens is 2. The van der Waals surface area contributed by atoms with Crippen molar-refractivity contribution in [2.45, 2.75) is 12.5 Å². The molecule has 0 saturated carbocycles. The van der Waals surface area contributed by atoms with Crippen LogP contribution >= 0.6 is 27.5 Å². The average Bonchev–Trinajstić information content (AvgIpc) is 2.26. The highest BCUT2D eigenvalue weighted by Gasteiger charge is 2.24. The summed E-state index contributed by atoms with van der Waals surface area (Å²) in [5.41, 5.74) is 0.0708. The lowest BCUT2D eigenvalue weighted by atomic mass is 10.1. The second kappa shape index (κ2) is 6.53. The predicted octanol–water partition coefficient (Wildman–Crippen LogP) is 1.76. The van der Waals surface area contributed by atoms with Crippen LogP contribution in [0.15, 0.2) is 22.7 Å². The van der Waals surface area contributed by atoms with Crippen molar-refractivity contribution in [2.75, 3.05) is 0 Å². The van der Waals surface area contributed by atoms with E-state index in [-0.39, 0.29) is 10.6 Å². The Morgan fingerprint density at radius 1 is 1.32 bits per heavy atom. The standard InChI is InChI=1S/C11H9BrClNO5/c12-5-1-2-6(7(13)3-5)10(17)14-8(11(18)19)4-9(15)16/h1-3,8H,4H2,(H,14,17)(H,15,16)(H,18,19)/t8-/m1/s1. The van der Waals surface area contributed by atoms with E-state index in [4.69, 9.17) is 21.8 Å². The Morgan fingerprint density at radius 2 is 1.95 bits per heavy atom. The highest BCUT2D eigenvalue weighted by molar-refractivity contribution is 9.10. The molecule has 1 amide bonds. The van der Waals surface area contributed by atoms with Crippen LogP contribution in [0, 0.1) is 0 Å². The van der Waals surface area contributed by atoms with Gasteiger partial charge in [0.2, 0.25) is 0 Å². The molecule has 0 bridgehead atoms. The van der Waals surface area contributed by atoms with Crippen LogP contribution in [0.25, 0.3) is 0 Å². The van der Waals surface area contributed by atoms with Gasteiger partial charge in [0.05, 0.1) is 17.0 Å². The normalized spacial score (nSPS) is 11.7. The number of amides is 1. The molecule has 1 aromatic carbocycles. The van der Waals surface area contributed by atoms with Crippen molar-refractivity contribution >= 4 is 45.4 Å². The Labute approximate surface area is 121 Å². The van der Waals surface area contributed by atoms with E-state index in [2.05, 4.69) is 21.2 Å². The largest absolute Gasteiger partial charge is 0.481 e. The van der Waals surface area contributed by atoms with Gasteiger partial charge in [0, 0.05) is 4.47 Å². The van der Waals surface area contributed by atoms with E-state index in [0.29, 0.717) is 4.47 Å². The summed E-state index contributed by atoms with van der Waals surface area (Å²) in [4.78, 5) is 33.1. The van der Waals surface area contributed by atoms with E-state index in [0.717, 1.165) is 0 Å². The molecule has 19 heavy (non-hydrogen) atoms. The van der Waals surface area contributed by atoms with Crippen LogP contribution in [0.5, 0.6) is 0 Å². The highest BCUT2D eigenvalue weighted by atomic mass is 79.9. The van der Waals surface area contributed by atoms with Gasteiger partial charge in [-0.15, -0.1) is 0 Å². The Balaban J connectivity index is 2.87. The fraction of sp³-hybridized carbons (Fsp3) is 0.182. The number of nitrogens with one attached hydrogen (secondary N) is 1. The van der Waals surface area contributed by atoms with Crippen LogP contribution in [0.3, 0.4) is 0 Å². The van der Waals surface area contributed by atoms with E-state index in [9.17, 15) is 14.4 Å². The van der Waals surface area contributed by atoms with Crippen LogP contribution in [0.4, 0.5) is 0 Å². The summed E-state index contributed by atoms with van der Waals surface area (Å²) in [6.07, 6.45) is -0.713. The zero-order chi connectivity index (χ0) is 14.6. The molecule has 0 aliphatic rings. The quantitative estimate of drug-likeness (QED) is 0.751. The van der Waals surface area contributed by atoms with Crippen molar-refractivity contribution in [3.8, 4) is 0 Å². The zero-order valence-electron chi connectivity index (χ0n) is 9.39. The van der Waals surface area contributed by atoms with E-state index < -0.39 is 30.3 Å². The van der Waals surface area contributed by atoms with Gasteiger partial charge in [-0.05, 0) is 18.2 Å². The van der Waals surface area contributed by atoms with Crippen molar-refractivity contribution in [3.63, 3.8) is 0 Å². The molecule has 1 rings (SSSR count). The van der Waals surface area contributed by atoms with Gasteiger partial charge in [0.25, 0.3) is 5.91 Å². The van der Waals surface area contributed by atoms with E-state index in [1.54, 1.807) is 6.07 Å². The van der Waals surface area contributed by atoms with Gasteiger partial charge in [-0.1, -0.05) is 27.5 Å². The third-order valence-corrected chi connectivity index (χ3v) is 2.96. The van der Waals surface area contributed by atoms with E-state index in [1.165, 1.54) is 12.1 Å². The second-order valence-electron chi connectivity index (χ2n) is 3.59. The predicted molar refractivity (Wildman–Crippen MR) is 70.3 cm³/mol. The molecule has 0 radical (unpaired) electrons. The first-order chi connectivity index (χ1) is 8.81. The molecule has 3 N–H and O–H groups in total. The van der Waals surface area contributed by atoms with Gasteiger partial charge in [-0.2, -0.15) is 0 Å². The lowest BCUT2D eigenvalue weighted by Crippen LogP contribution is -2.42. The fourth-order valence-corrected chi connectivity index (χ4v) is 2.04. The van der Waals surface area contributed by atoms with Gasteiger partial charge >= 0.3 is 11.9 Å². The third kappa shape index (κ3) is 4.53. The lowest BCUT2D eigenvalue weighted by molar-refractivity contribution is -0.145. The first kappa shape index (κ1) is 15.5. The molecule has 102 valence electrons. The number of carboxylic acids is 2. The number of carboxylic acid groups (broad SMARTS) is 2. The summed E-state index contributed by atoms with van der Waals surface area (Å²) < 4.78 is 0.661. The summed E-state index contributed by atoms with van der Waals surface area (Å²) in [5, 5.41) is 19.6. The molecule has 1 atom stereocenters. The smallest absolute Gasteiger partial charge is 0.326 e. The topological polar surface area (TPSA) is 104 Å². The molecule has 1 aromatic rings. The van der Waals surface area contributed by atoms with Crippen LogP contribution < -0.4 is 5.32 Å². The highest BCUT2D eigenvalue weighted by Crippen LogP contribution is 2.21. The first-order valence-electron chi connectivity index (χ1n) is 5.01. The molecule has 0 aliphatic heterocycles. The summed E-state index contributed by atoms with van der Waals surface area (Å²) in [6, 6.07) is 2.93. The Kier molecular flexibility index (Phi) is 5.31. The molecule has 0 fully saturated rings. The Bertz CT molecular complexity index is 534. The van der Waals surface area contributed by atoms with Gasteiger partial charge in [0.1, 0.15) is 6.04 Å². The number of hydrogen-bond donors (Lipinski definition) is 3. The van der Waals surface area contributed by atoms with Crippen LogP contribution in [-0.2, 0) is 9.59 Å². The first-order valence-corrected chi connectivity index (χ1v) is 6.19. The molecule has 0 unspecified atom stereocenters. The van der Waals surface area contributed by atoms with Crippen molar-refractivity contribution < 1.29 is 24.6 Å². The van der Waals surface area contributed by atoms with Crippen molar-refractivity contribution in [3.05, 3.63) is 33.3 Å². The minimum atomic E-state index is -1.51. The fourth-order valence-electron chi connectivity index (χ4n) is 1.28. The summed E-state index contributed by atoms with van der Waals surface area (Å²) >= 11 is 9.00. The molecule has 6 nitrogen and oxygen atoms in total. The van der Waals surface area contributed by atoms with Crippen molar-refractivity contribution in [1.29, 1.82) is 0 Å². The van der Waals surface area contributed by atoms with Crippen molar-refractivity contribution in [1.82, 2.24) is 5.32 Å². The molecule has 0 aromatic heterocycles. The molecule has 0 saturated heterocycles. The Hall–Kier alpha value is -1.60. The SMILES string of the molecule is O=C(O)C[C@@H](NC(=O)c1ccc(Br)cc1Cl)C(=O)O. The number of hydrogen-bond acceptors (Lipinski definition) is 3. The van der Waals surface area contributed by atoms with Gasteiger partial charge in [-0.25, -0.2) is 4.79 Å².